The summed E-state index contributed by atoms with van der Waals surface area (Å²) >= 11 is 0. The minimum atomic E-state index is -4.29. The van der Waals surface area contributed by atoms with Crippen LogP contribution in [0.25, 0.3) is 0 Å². The van der Waals surface area contributed by atoms with Gasteiger partial charge in [0.15, 0.2) is 0 Å². The molecule has 2 rings (SSSR count). The lowest BCUT2D eigenvalue weighted by molar-refractivity contribution is -0.221. The normalized spacial score (nSPS) is 38.2. The second kappa shape index (κ2) is 2.50. The molecule has 0 amide bonds. The number of rotatable bonds is 1. The third-order valence-corrected chi connectivity index (χ3v) is 3.27. The number of fused-ring (bicyclic) bond motifs is 2. The third-order valence-electron chi connectivity index (χ3n) is 3.27. The number of aliphatic hydroxyl groups excluding tert-OH is 1. The van der Waals surface area contributed by atoms with Crippen molar-refractivity contribution >= 4 is 0 Å². The average molecular weight is 192 g/mol. The molecule has 1 nitrogen and oxygen atoms in total. The van der Waals surface area contributed by atoms with Crippen molar-refractivity contribution in [2.24, 2.45) is 11.3 Å². The Labute approximate surface area is 74.2 Å². The molecular weight excluding hydrogens is 181 g/mol. The zero-order valence-corrected chi connectivity index (χ0v) is 7.06. The highest BCUT2D eigenvalue weighted by Crippen LogP contribution is 2.59. The van der Waals surface area contributed by atoms with Crippen LogP contribution in [0.2, 0.25) is 0 Å². The van der Waals surface area contributed by atoms with Crippen molar-refractivity contribution < 1.29 is 18.3 Å². The predicted molar refractivity (Wildman–Crippen MR) is 41.0 cm³/mol. The molecule has 0 heterocycles. The maximum atomic E-state index is 12.7. The summed E-state index contributed by atoms with van der Waals surface area (Å²) in [6.07, 6.45) is -1.27. The van der Waals surface area contributed by atoms with E-state index in [1.807, 2.05) is 0 Å². The lowest BCUT2D eigenvalue weighted by Gasteiger charge is -2.33. The van der Waals surface area contributed by atoms with Crippen molar-refractivity contribution in [1.82, 2.24) is 0 Å². The van der Waals surface area contributed by atoms with Gasteiger partial charge in [0.05, 0.1) is 6.61 Å². The van der Waals surface area contributed by atoms with Gasteiger partial charge in [-0.15, -0.1) is 0 Å². The van der Waals surface area contributed by atoms with E-state index in [-0.39, 0.29) is 12.3 Å². The van der Waals surface area contributed by atoms with Crippen molar-refractivity contribution in [2.45, 2.75) is 25.4 Å². The Bertz CT molecular complexity index is 256. The van der Waals surface area contributed by atoms with Gasteiger partial charge in [-0.25, -0.2) is 0 Å². The van der Waals surface area contributed by atoms with Gasteiger partial charge < -0.3 is 5.11 Å². The van der Waals surface area contributed by atoms with Gasteiger partial charge in [-0.3, -0.25) is 0 Å². The summed E-state index contributed by atoms with van der Waals surface area (Å²) in [4.78, 5) is 0. The summed E-state index contributed by atoms with van der Waals surface area (Å²) in [5.41, 5.74) is -1.48. The van der Waals surface area contributed by atoms with Crippen molar-refractivity contribution in [3.8, 4) is 0 Å². The fourth-order valence-corrected chi connectivity index (χ4v) is 2.51. The van der Waals surface area contributed by atoms with Gasteiger partial charge in [0.2, 0.25) is 0 Å². The topological polar surface area (TPSA) is 20.2 Å². The van der Waals surface area contributed by atoms with Crippen LogP contribution in [0.5, 0.6) is 0 Å². The second-order valence-corrected chi connectivity index (χ2v) is 3.98. The zero-order valence-electron chi connectivity index (χ0n) is 7.06. The van der Waals surface area contributed by atoms with Crippen LogP contribution in [-0.2, 0) is 0 Å². The predicted octanol–water partition coefficient (Wildman–Crippen LogP) is 2.27. The molecule has 2 aliphatic rings. The van der Waals surface area contributed by atoms with Gasteiger partial charge in [0, 0.05) is 0 Å². The van der Waals surface area contributed by atoms with Gasteiger partial charge in [-0.2, -0.15) is 13.2 Å². The fourth-order valence-electron chi connectivity index (χ4n) is 2.51. The average Bonchev–Trinajstić information content (AvgIpc) is 2.60. The highest BCUT2D eigenvalue weighted by molar-refractivity contribution is 5.28. The number of hydrogen-bond acceptors (Lipinski definition) is 1. The highest BCUT2D eigenvalue weighted by atomic mass is 19.4. The maximum Gasteiger partial charge on any atom is 0.400 e. The molecule has 2 atom stereocenters. The Morgan fingerprint density at radius 1 is 1.54 bits per heavy atom. The van der Waals surface area contributed by atoms with E-state index >= 15 is 0 Å². The van der Waals surface area contributed by atoms with Crippen LogP contribution in [-0.4, -0.2) is 17.9 Å². The van der Waals surface area contributed by atoms with Crippen LogP contribution >= 0.6 is 0 Å². The minimum absolute atomic E-state index is 0.0822. The van der Waals surface area contributed by atoms with E-state index in [1.165, 1.54) is 0 Å². The van der Waals surface area contributed by atoms with Gasteiger partial charge in [0.25, 0.3) is 0 Å². The van der Waals surface area contributed by atoms with E-state index in [4.69, 9.17) is 5.11 Å². The Hall–Kier alpha value is -0.510. The molecule has 13 heavy (non-hydrogen) atoms. The standard InChI is InChI=1S/C9H11F3O/c10-9(11,12)8(5-13)4-6-1-2-7(8)3-6/h2,6,13H,1,3-5H2. The summed E-state index contributed by atoms with van der Waals surface area (Å²) in [6, 6.07) is 0. The number of allylic oxidation sites excluding steroid dienone is 1. The van der Waals surface area contributed by atoms with Crippen molar-refractivity contribution in [3.05, 3.63) is 11.6 Å². The molecule has 2 unspecified atom stereocenters. The van der Waals surface area contributed by atoms with Crippen LogP contribution in [0.15, 0.2) is 11.6 Å². The van der Waals surface area contributed by atoms with Crippen LogP contribution in [0.1, 0.15) is 19.3 Å². The lowest BCUT2D eigenvalue weighted by Crippen LogP contribution is -2.41. The Morgan fingerprint density at radius 2 is 2.23 bits per heavy atom. The summed E-state index contributed by atoms with van der Waals surface area (Å²) in [7, 11) is 0. The molecular formula is C9H11F3O. The molecule has 74 valence electrons. The molecule has 2 aliphatic carbocycles. The molecule has 4 heteroatoms. The molecule has 1 saturated carbocycles. The van der Waals surface area contributed by atoms with Crippen molar-refractivity contribution in [2.75, 3.05) is 6.61 Å². The van der Waals surface area contributed by atoms with Crippen LogP contribution in [0.3, 0.4) is 0 Å². The molecule has 1 fully saturated rings. The van der Waals surface area contributed by atoms with Gasteiger partial charge in [0.1, 0.15) is 5.41 Å². The van der Waals surface area contributed by atoms with Gasteiger partial charge in [-0.05, 0) is 25.2 Å². The van der Waals surface area contributed by atoms with E-state index in [0.717, 1.165) is 6.42 Å². The van der Waals surface area contributed by atoms with E-state index in [9.17, 15) is 13.2 Å². The first-order chi connectivity index (χ1) is 5.99. The number of aliphatic hydroxyl groups is 1. The summed E-state index contributed by atoms with van der Waals surface area (Å²) in [6.45, 7) is -0.793. The maximum absolute atomic E-state index is 12.7. The first-order valence-corrected chi connectivity index (χ1v) is 4.37. The van der Waals surface area contributed by atoms with E-state index in [0.29, 0.717) is 12.0 Å². The van der Waals surface area contributed by atoms with Crippen LogP contribution in [0, 0.1) is 11.3 Å². The quantitative estimate of drug-likeness (QED) is 0.632. The summed E-state index contributed by atoms with van der Waals surface area (Å²) < 4.78 is 38.0. The molecule has 1 N–H and O–H groups in total. The highest BCUT2D eigenvalue weighted by Gasteiger charge is 2.61. The van der Waals surface area contributed by atoms with Crippen molar-refractivity contribution in [1.29, 1.82) is 0 Å². The molecule has 0 saturated heterocycles. The van der Waals surface area contributed by atoms with Crippen molar-refractivity contribution in [3.63, 3.8) is 0 Å². The monoisotopic (exact) mass is 192 g/mol. The first-order valence-electron chi connectivity index (χ1n) is 4.37. The number of halogens is 3. The molecule has 0 aromatic carbocycles. The van der Waals surface area contributed by atoms with E-state index < -0.39 is 18.2 Å². The van der Waals surface area contributed by atoms with E-state index in [2.05, 4.69) is 0 Å². The minimum Gasteiger partial charge on any atom is -0.395 e. The summed E-state index contributed by atoms with van der Waals surface area (Å²) in [5, 5.41) is 8.91. The molecule has 0 aromatic heterocycles. The first kappa shape index (κ1) is 9.06. The molecule has 0 spiro atoms. The SMILES string of the molecule is OCC1(C(F)(F)F)CC2CC=C1C2. The van der Waals surface area contributed by atoms with E-state index in [1.54, 1.807) is 6.08 Å². The Morgan fingerprint density at radius 3 is 2.46 bits per heavy atom. The van der Waals surface area contributed by atoms with Gasteiger partial charge in [-0.1, -0.05) is 11.6 Å². The summed E-state index contributed by atoms with van der Waals surface area (Å²) in [5.74, 6) is 0.115. The third kappa shape index (κ3) is 1.04. The molecule has 2 bridgehead atoms. The number of alkyl halides is 3. The fraction of sp³-hybridized carbons (Fsp3) is 0.778. The smallest absolute Gasteiger partial charge is 0.395 e. The molecule has 0 radical (unpaired) electrons. The van der Waals surface area contributed by atoms with Crippen LogP contribution in [0.4, 0.5) is 13.2 Å². The Balaban J connectivity index is 2.37. The lowest BCUT2D eigenvalue weighted by atomic mass is 9.79. The van der Waals surface area contributed by atoms with Gasteiger partial charge >= 0.3 is 6.18 Å². The number of hydrogen-bond donors (Lipinski definition) is 1. The molecule has 0 aliphatic heterocycles. The molecule has 0 aromatic rings. The Kier molecular flexibility index (Phi) is 1.74. The largest absolute Gasteiger partial charge is 0.400 e. The second-order valence-electron chi connectivity index (χ2n) is 3.98. The van der Waals surface area contributed by atoms with Crippen LogP contribution < -0.4 is 0 Å². The zero-order chi connectivity index (χ0) is 9.69.